The summed E-state index contributed by atoms with van der Waals surface area (Å²) in [5.74, 6) is 1.84. The van der Waals surface area contributed by atoms with Crippen molar-refractivity contribution in [2.45, 2.75) is 25.2 Å². The summed E-state index contributed by atoms with van der Waals surface area (Å²) in [7, 11) is 0. The maximum atomic E-state index is 12.0. The summed E-state index contributed by atoms with van der Waals surface area (Å²) in [6.45, 7) is 1.30. The molecule has 144 valence electrons. The van der Waals surface area contributed by atoms with E-state index in [0.717, 1.165) is 52.7 Å². The number of fused-ring (bicyclic) bond motifs is 5. The number of imidazole rings is 1. The van der Waals surface area contributed by atoms with Crippen LogP contribution in [0.5, 0.6) is 0 Å². The van der Waals surface area contributed by atoms with Gasteiger partial charge in [-0.05, 0) is 31.0 Å². The van der Waals surface area contributed by atoms with Crippen molar-refractivity contribution in [1.29, 1.82) is 5.26 Å². The fourth-order valence-corrected chi connectivity index (χ4v) is 4.09. The van der Waals surface area contributed by atoms with Gasteiger partial charge in [0.2, 0.25) is 5.91 Å². The van der Waals surface area contributed by atoms with Crippen molar-refractivity contribution in [1.82, 2.24) is 24.8 Å². The number of rotatable bonds is 2. The average molecular weight is 385 g/mol. The number of amides is 1. The van der Waals surface area contributed by atoms with Crippen molar-refractivity contribution in [3.8, 4) is 28.6 Å². The highest BCUT2D eigenvalue weighted by molar-refractivity contribution is 5.94. The highest BCUT2D eigenvalue weighted by atomic mass is 16.2. The quantitative estimate of drug-likeness (QED) is 0.548. The minimum Gasteiger partial charge on any atom is -0.342 e. The van der Waals surface area contributed by atoms with Crippen LogP contribution in [-0.2, 0) is 4.79 Å². The number of nitriles is 1. The van der Waals surface area contributed by atoms with Crippen molar-refractivity contribution >= 4 is 17.4 Å². The predicted octanol–water partition coefficient (Wildman–Crippen LogP) is 3.21. The van der Waals surface area contributed by atoms with E-state index in [2.05, 4.69) is 20.3 Å². The van der Waals surface area contributed by atoms with Crippen LogP contribution in [0.3, 0.4) is 0 Å². The first-order valence-electron chi connectivity index (χ1n) is 9.66. The van der Waals surface area contributed by atoms with E-state index in [1.807, 2.05) is 24.3 Å². The molecule has 2 N–H and O–H groups in total. The second-order valence-corrected chi connectivity index (χ2v) is 7.28. The molecular weight excluding hydrogens is 366 g/mol. The number of aromatic nitrogens is 4. The zero-order valence-corrected chi connectivity index (χ0v) is 15.7. The molecule has 1 fully saturated rings. The molecule has 1 amide bonds. The predicted molar refractivity (Wildman–Crippen MR) is 107 cm³/mol. The Morgan fingerprint density at radius 1 is 1.24 bits per heavy atom. The highest BCUT2D eigenvalue weighted by Crippen LogP contribution is 2.42. The van der Waals surface area contributed by atoms with Crippen LogP contribution in [0.15, 0.2) is 36.8 Å². The molecule has 2 aliphatic rings. The minimum atomic E-state index is -0.0892. The lowest BCUT2D eigenvalue weighted by Gasteiger charge is -2.30. The Kier molecular flexibility index (Phi) is 4.21. The molecule has 8 nitrogen and oxygen atoms in total. The number of nitrogens with zero attached hydrogens (tertiary/aromatic N) is 5. The number of hydrogen-bond acceptors (Lipinski definition) is 6. The van der Waals surface area contributed by atoms with E-state index in [1.54, 1.807) is 23.5 Å². The Morgan fingerprint density at radius 2 is 2.10 bits per heavy atom. The maximum absolute atomic E-state index is 12.0. The van der Waals surface area contributed by atoms with Crippen LogP contribution < -0.4 is 5.32 Å². The van der Waals surface area contributed by atoms with Crippen LogP contribution in [0.1, 0.15) is 31.0 Å². The summed E-state index contributed by atoms with van der Waals surface area (Å²) >= 11 is 0. The molecule has 29 heavy (non-hydrogen) atoms. The Morgan fingerprint density at radius 3 is 2.93 bits per heavy atom. The first-order valence-corrected chi connectivity index (χ1v) is 9.66. The summed E-state index contributed by atoms with van der Waals surface area (Å²) in [5, 5.41) is 12.1. The molecule has 3 aromatic heterocycles. The van der Waals surface area contributed by atoms with Crippen LogP contribution in [0, 0.1) is 11.3 Å². The van der Waals surface area contributed by atoms with Gasteiger partial charge in [0, 0.05) is 42.5 Å². The molecular formula is C21H19N7O. The third-order valence-corrected chi connectivity index (χ3v) is 5.59. The first kappa shape index (κ1) is 17.4. The number of likely N-dealkylation sites (tertiary alicyclic amines) is 1. The standard InChI is InChI=1S/C21H19N7O/c22-7-3-17(29)28-10-5-13(6-11-28)20-26-18-14-4-9-23-12-16(14)25-21-15(19(18)27-20)2-1-8-24-21/h1-2,4,8-9,12-13H,3,5-6,10-11H2,(H,24,25)(H,26,27). The van der Waals surface area contributed by atoms with Crippen LogP contribution in [-0.4, -0.2) is 43.8 Å². The van der Waals surface area contributed by atoms with Crippen molar-refractivity contribution in [2.24, 2.45) is 0 Å². The van der Waals surface area contributed by atoms with Gasteiger partial charge in [-0.2, -0.15) is 5.26 Å². The van der Waals surface area contributed by atoms with Crippen molar-refractivity contribution in [2.75, 3.05) is 18.4 Å². The van der Waals surface area contributed by atoms with E-state index in [1.165, 1.54) is 0 Å². The van der Waals surface area contributed by atoms with Crippen molar-refractivity contribution in [3.63, 3.8) is 0 Å². The van der Waals surface area contributed by atoms with Gasteiger partial charge in [0.1, 0.15) is 23.8 Å². The Labute approximate surface area is 167 Å². The normalized spacial score (nSPS) is 15.3. The van der Waals surface area contributed by atoms with Gasteiger partial charge in [-0.3, -0.25) is 9.78 Å². The Balaban J connectivity index is 1.50. The van der Waals surface area contributed by atoms with E-state index in [0.29, 0.717) is 13.1 Å². The van der Waals surface area contributed by atoms with Gasteiger partial charge in [0.25, 0.3) is 0 Å². The molecule has 5 rings (SSSR count). The van der Waals surface area contributed by atoms with Crippen LogP contribution in [0.4, 0.5) is 11.5 Å². The fraction of sp³-hybridized carbons (Fsp3) is 0.286. The zero-order chi connectivity index (χ0) is 19.8. The van der Waals surface area contributed by atoms with E-state index in [9.17, 15) is 4.79 Å². The molecule has 0 bridgehead atoms. The largest absolute Gasteiger partial charge is 0.342 e. The molecule has 0 spiro atoms. The molecule has 8 heteroatoms. The molecule has 1 saturated heterocycles. The monoisotopic (exact) mass is 385 g/mol. The van der Waals surface area contributed by atoms with Crippen LogP contribution in [0.2, 0.25) is 0 Å². The third kappa shape index (κ3) is 3.01. The first-order chi connectivity index (χ1) is 14.2. The number of carbonyl (C=O) groups excluding carboxylic acids is 1. The summed E-state index contributed by atoms with van der Waals surface area (Å²) in [6, 6.07) is 7.83. The lowest BCUT2D eigenvalue weighted by molar-refractivity contribution is -0.131. The van der Waals surface area contributed by atoms with Crippen molar-refractivity contribution < 1.29 is 4.79 Å². The van der Waals surface area contributed by atoms with Gasteiger partial charge in [-0.25, -0.2) is 9.97 Å². The smallest absolute Gasteiger partial charge is 0.236 e. The van der Waals surface area contributed by atoms with Gasteiger partial charge in [-0.1, -0.05) is 0 Å². The number of pyridine rings is 2. The molecule has 0 aromatic carbocycles. The molecule has 5 heterocycles. The molecule has 0 unspecified atom stereocenters. The molecule has 0 aliphatic carbocycles. The zero-order valence-electron chi connectivity index (χ0n) is 15.7. The second kappa shape index (κ2) is 7.02. The van der Waals surface area contributed by atoms with E-state index in [4.69, 9.17) is 10.2 Å². The molecule has 0 radical (unpaired) electrons. The number of aromatic amines is 1. The number of H-pyrrole nitrogens is 1. The summed E-state index contributed by atoms with van der Waals surface area (Å²) in [4.78, 5) is 31.0. The topological polar surface area (TPSA) is 111 Å². The van der Waals surface area contributed by atoms with Gasteiger partial charge in [0.05, 0.1) is 23.6 Å². The molecule has 3 aromatic rings. The second-order valence-electron chi connectivity index (χ2n) is 7.28. The third-order valence-electron chi connectivity index (χ3n) is 5.59. The summed E-state index contributed by atoms with van der Waals surface area (Å²) < 4.78 is 0. The Hall–Kier alpha value is -3.73. The van der Waals surface area contributed by atoms with E-state index in [-0.39, 0.29) is 18.2 Å². The lowest BCUT2D eigenvalue weighted by Crippen LogP contribution is -2.37. The summed E-state index contributed by atoms with van der Waals surface area (Å²) in [6.07, 6.45) is 6.92. The average Bonchev–Trinajstić information content (AvgIpc) is 3.15. The lowest BCUT2D eigenvalue weighted by atomic mass is 9.96. The SMILES string of the molecule is N#CCC(=O)N1CCC(c2nc3c([nH]2)-c2ccncc2Nc2ncccc2-3)CC1. The van der Waals surface area contributed by atoms with Gasteiger partial charge < -0.3 is 15.2 Å². The number of anilines is 2. The number of piperidine rings is 1. The molecule has 0 atom stereocenters. The van der Waals surface area contributed by atoms with Crippen LogP contribution >= 0.6 is 0 Å². The molecule has 0 saturated carbocycles. The van der Waals surface area contributed by atoms with E-state index < -0.39 is 0 Å². The van der Waals surface area contributed by atoms with Gasteiger partial charge in [0.15, 0.2) is 0 Å². The Bertz CT molecular complexity index is 1060. The van der Waals surface area contributed by atoms with Gasteiger partial charge in [-0.15, -0.1) is 0 Å². The number of nitrogens with one attached hydrogen (secondary N) is 2. The molecule has 2 aliphatic heterocycles. The fourth-order valence-electron chi connectivity index (χ4n) is 4.09. The number of carbonyl (C=O) groups is 1. The van der Waals surface area contributed by atoms with E-state index >= 15 is 0 Å². The maximum Gasteiger partial charge on any atom is 0.236 e. The van der Waals surface area contributed by atoms with Crippen LogP contribution in [0.25, 0.3) is 22.5 Å². The minimum absolute atomic E-state index is 0.0542. The van der Waals surface area contributed by atoms with Gasteiger partial charge >= 0.3 is 0 Å². The number of hydrogen-bond donors (Lipinski definition) is 2. The highest BCUT2D eigenvalue weighted by Gasteiger charge is 2.29. The van der Waals surface area contributed by atoms with Crippen molar-refractivity contribution in [3.05, 3.63) is 42.6 Å². The summed E-state index contributed by atoms with van der Waals surface area (Å²) in [5.41, 5.74) is 4.68.